The van der Waals surface area contributed by atoms with Crippen LogP contribution < -0.4 is 0 Å². The van der Waals surface area contributed by atoms with Crippen molar-refractivity contribution in [1.82, 2.24) is 9.29 Å². The van der Waals surface area contributed by atoms with Crippen LogP contribution in [0.4, 0.5) is 0 Å². The maximum Gasteiger partial charge on any atom is 0.265 e. The van der Waals surface area contributed by atoms with Crippen LogP contribution in [-0.2, 0) is 10.0 Å². The second kappa shape index (κ2) is 5.94. The number of carbonyl (C=O) groups is 1. The van der Waals surface area contributed by atoms with E-state index in [2.05, 4.69) is 4.98 Å². The molecule has 23 heavy (non-hydrogen) atoms. The highest BCUT2D eigenvalue weighted by Crippen LogP contribution is 2.32. The molecule has 2 heterocycles. The molecule has 7 heteroatoms. The fourth-order valence-corrected chi connectivity index (χ4v) is 4.11. The molecule has 0 spiro atoms. The minimum Gasteiger partial charge on any atom is -0.394 e. The van der Waals surface area contributed by atoms with Crippen molar-refractivity contribution in [2.45, 2.75) is 4.90 Å². The molecule has 2 aromatic rings. The highest BCUT2D eigenvalue weighted by molar-refractivity contribution is 7.89. The minimum atomic E-state index is -3.88. The number of hydrogen-bond donors (Lipinski definition) is 1. The van der Waals surface area contributed by atoms with Crippen molar-refractivity contribution < 1.29 is 18.3 Å². The van der Waals surface area contributed by atoms with Crippen LogP contribution in [0.5, 0.6) is 0 Å². The SMILES string of the molecule is O=C1/C(=C\c2cccnc2)N(CCO)S(=O)(=O)c2ccccc21. The van der Waals surface area contributed by atoms with Crippen molar-refractivity contribution in [2.24, 2.45) is 0 Å². The number of hydrogen-bond acceptors (Lipinski definition) is 5. The lowest BCUT2D eigenvalue weighted by molar-refractivity contribution is 0.0998. The number of fused-ring (bicyclic) bond motifs is 1. The van der Waals surface area contributed by atoms with E-state index in [1.807, 2.05) is 0 Å². The molecule has 0 bridgehead atoms. The van der Waals surface area contributed by atoms with Crippen LogP contribution in [-0.4, -0.2) is 41.7 Å². The standard InChI is InChI=1S/C16H14N2O4S/c19-9-8-18-14(10-12-4-3-7-17-11-12)16(20)13-5-1-2-6-15(13)23(18,21)22/h1-7,10-11,19H,8-9H2/b14-10+. The van der Waals surface area contributed by atoms with Gasteiger partial charge in [0.25, 0.3) is 10.0 Å². The molecule has 1 aliphatic rings. The molecule has 1 aromatic heterocycles. The summed E-state index contributed by atoms with van der Waals surface area (Å²) < 4.78 is 26.4. The molecule has 0 fully saturated rings. The van der Waals surface area contributed by atoms with Crippen LogP contribution in [0.25, 0.3) is 6.08 Å². The van der Waals surface area contributed by atoms with Gasteiger partial charge in [0.1, 0.15) is 5.70 Å². The first kappa shape index (κ1) is 15.4. The van der Waals surface area contributed by atoms with Crippen molar-refractivity contribution >= 4 is 21.9 Å². The van der Waals surface area contributed by atoms with Gasteiger partial charge in [-0.25, -0.2) is 8.42 Å². The number of Topliss-reactive ketones (excluding diaryl/α,β-unsaturated/α-hetero) is 1. The zero-order valence-electron chi connectivity index (χ0n) is 12.1. The molecule has 1 aromatic carbocycles. The fraction of sp³-hybridized carbons (Fsp3) is 0.125. The van der Waals surface area contributed by atoms with Crippen LogP contribution >= 0.6 is 0 Å². The highest BCUT2D eigenvalue weighted by Gasteiger charge is 2.38. The molecular formula is C16H14N2O4S. The third-order valence-electron chi connectivity index (χ3n) is 3.49. The lowest BCUT2D eigenvalue weighted by atomic mass is 10.1. The van der Waals surface area contributed by atoms with Gasteiger partial charge in [-0.05, 0) is 29.8 Å². The Morgan fingerprint density at radius 3 is 2.65 bits per heavy atom. The molecule has 118 valence electrons. The monoisotopic (exact) mass is 330 g/mol. The highest BCUT2D eigenvalue weighted by atomic mass is 32.2. The number of allylic oxidation sites excluding steroid dienone is 1. The third-order valence-corrected chi connectivity index (χ3v) is 5.36. The van der Waals surface area contributed by atoms with Gasteiger partial charge < -0.3 is 5.11 Å². The maximum absolute atomic E-state index is 12.7. The Hall–Kier alpha value is -2.51. The normalized spacial score (nSPS) is 18.0. The Kier molecular flexibility index (Phi) is 3.97. The van der Waals surface area contributed by atoms with E-state index in [4.69, 9.17) is 0 Å². The molecule has 1 aliphatic heterocycles. The number of aromatic nitrogens is 1. The van der Waals surface area contributed by atoms with Gasteiger partial charge in [-0.3, -0.25) is 14.1 Å². The second-order valence-electron chi connectivity index (χ2n) is 4.94. The van der Waals surface area contributed by atoms with Crippen molar-refractivity contribution in [3.8, 4) is 0 Å². The molecule has 1 N–H and O–H groups in total. The molecule has 0 atom stereocenters. The lowest BCUT2D eigenvalue weighted by Crippen LogP contribution is -2.40. The summed E-state index contributed by atoms with van der Waals surface area (Å²) >= 11 is 0. The molecule has 0 unspecified atom stereocenters. The summed E-state index contributed by atoms with van der Waals surface area (Å²) in [7, 11) is -3.88. The number of nitrogens with zero attached hydrogens (tertiary/aromatic N) is 2. The second-order valence-corrected chi connectivity index (χ2v) is 6.77. The Morgan fingerprint density at radius 1 is 1.17 bits per heavy atom. The van der Waals surface area contributed by atoms with Crippen LogP contribution in [0.1, 0.15) is 15.9 Å². The Bertz CT molecular complexity index is 876. The molecule has 0 radical (unpaired) electrons. The van der Waals surface area contributed by atoms with E-state index in [-0.39, 0.29) is 29.3 Å². The van der Waals surface area contributed by atoms with E-state index in [0.29, 0.717) is 5.56 Å². The first-order chi connectivity index (χ1) is 11.1. The molecule has 0 saturated carbocycles. The number of ketones is 1. The van der Waals surface area contributed by atoms with Crippen molar-refractivity contribution in [3.63, 3.8) is 0 Å². The van der Waals surface area contributed by atoms with Gasteiger partial charge >= 0.3 is 0 Å². The minimum absolute atomic E-state index is 0.00532. The predicted octanol–water partition coefficient (Wildman–Crippen LogP) is 1.30. The van der Waals surface area contributed by atoms with Gasteiger partial charge in [0.05, 0.1) is 18.0 Å². The number of aliphatic hydroxyl groups excluding tert-OH is 1. The maximum atomic E-state index is 12.7. The van der Waals surface area contributed by atoms with Crippen molar-refractivity contribution in [2.75, 3.05) is 13.2 Å². The molecule has 0 amide bonds. The smallest absolute Gasteiger partial charge is 0.265 e. The third kappa shape index (κ3) is 2.64. The van der Waals surface area contributed by atoms with Gasteiger partial charge in [0.15, 0.2) is 0 Å². The summed E-state index contributed by atoms with van der Waals surface area (Å²) in [6.07, 6.45) is 4.59. The van der Waals surface area contributed by atoms with Gasteiger partial charge in [-0.2, -0.15) is 0 Å². The van der Waals surface area contributed by atoms with E-state index in [0.717, 1.165) is 4.31 Å². The largest absolute Gasteiger partial charge is 0.394 e. The van der Waals surface area contributed by atoms with E-state index in [1.165, 1.54) is 24.4 Å². The van der Waals surface area contributed by atoms with Gasteiger partial charge in [0.2, 0.25) is 5.78 Å². The number of rotatable bonds is 3. The number of carbonyl (C=O) groups excluding carboxylic acids is 1. The number of benzene rings is 1. The van der Waals surface area contributed by atoms with Crippen LogP contribution in [0.15, 0.2) is 59.4 Å². The Morgan fingerprint density at radius 2 is 1.96 bits per heavy atom. The van der Waals surface area contributed by atoms with Gasteiger partial charge in [-0.15, -0.1) is 0 Å². The van der Waals surface area contributed by atoms with Crippen LogP contribution in [0.3, 0.4) is 0 Å². The molecule has 0 aliphatic carbocycles. The van der Waals surface area contributed by atoms with E-state index in [1.54, 1.807) is 30.5 Å². The number of pyridine rings is 1. The number of β-amino-alcohol motifs (C(OH)–C–C–N with tert-alkyl or cyclic N) is 1. The average Bonchev–Trinajstić information content (AvgIpc) is 2.57. The summed E-state index contributed by atoms with van der Waals surface area (Å²) in [5, 5.41) is 9.21. The summed E-state index contributed by atoms with van der Waals surface area (Å²) in [6, 6.07) is 9.48. The fourth-order valence-electron chi connectivity index (χ4n) is 2.47. The van der Waals surface area contributed by atoms with Gasteiger partial charge in [0, 0.05) is 18.0 Å². The first-order valence-electron chi connectivity index (χ1n) is 6.95. The summed E-state index contributed by atoms with van der Waals surface area (Å²) in [4.78, 5) is 16.6. The van der Waals surface area contributed by atoms with Gasteiger partial charge in [-0.1, -0.05) is 18.2 Å². The molecular weight excluding hydrogens is 316 g/mol. The van der Waals surface area contributed by atoms with Crippen molar-refractivity contribution in [3.05, 3.63) is 65.6 Å². The summed E-state index contributed by atoms with van der Waals surface area (Å²) in [5.41, 5.74) is 0.746. The summed E-state index contributed by atoms with van der Waals surface area (Å²) in [5.74, 6) is -0.396. The van der Waals surface area contributed by atoms with Crippen LogP contribution in [0, 0.1) is 0 Å². The quantitative estimate of drug-likeness (QED) is 0.857. The number of aliphatic hydroxyl groups is 1. The van der Waals surface area contributed by atoms with Crippen molar-refractivity contribution in [1.29, 1.82) is 0 Å². The Labute approximate surface area is 133 Å². The first-order valence-corrected chi connectivity index (χ1v) is 8.39. The van der Waals surface area contributed by atoms with E-state index < -0.39 is 15.8 Å². The van der Waals surface area contributed by atoms with E-state index >= 15 is 0 Å². The topological polar surface area (TPSA) is 87.6 Å². The Balaban J connectivity index is 2.23. The lowest BCUT2D eigenvalue weighted by Gasteiger charge is -2.30. The molecule has 3 rings (SSSR count). The van der Waals surface area contributed by atoms with Crippen LogP contribution in [0.2, 0.25) is 0 Å². The zero-order chi connectivity index (χ0) is 16.4. The average molecular weight is 330 g/mol. The predicted molar refractivity (Wildman–Crippen MR) is 84.0 cm³/mol. The van der Waals surface area contributed by atoms with E-state index in [9.17, 15) is 18.3 Å². The summed E-state index contributed by atoms with van der Waals surface area (Å²) in [6.45, 7) is -0.576. The zero-order valence-corrected chi connectivity index (χ0v) is 12.9. The number of sulfonamides is 1. The molecule has 0 saturated heterocycles. The molecule has 6 nitrogen and oxygen atoms in total.